The van der Waals surface area contributed by atoms with Crippen molar-refractivity contribution in [2.45, 2.75) is 24.8 Å². The van der Waals surface area contributed by atoms with Crippen LogP contribution in [0.1, 0.15) is 34.5 Å². The van der Waals surface area contributed by atoms with Crippen LogP contribution < -0.4 is 0 Å². The van der Waals surface area contributed by atoms with E-state index in [1.54, 1.807) is 31.1 Å². The average Bonchev–Trinajstić information content (AvgIpc) is 2.70. The first kappa shape index (κ1) is 23.1. The summed E-state index contributed by atoms with van der Waals surface area (Å²) in [6, 6.07) is 13.8. The number of carbonyl (C=O) groups is 1. The molecule has 7 heteroatoms. The van der Waals surface area contributed by atoms with E-state index in [1.807, 2.05) is 38.1 Å². The molecular weight excluding hydrogens is 388 g/mol. The summed E-state index contributed by atoms with van der Waals surface area (Å²) in [4.78, 5) is 16.4. The summed E-state index contributed by atoms with van der Waals surface area (Å²) in [5.74, 6) is -0.467. The molecule has 1 amide bonds. The highest BCUT2D eigenvalue weighted by molar-refractivity contribution is 7.91. The maximum atomic E-state index is 13.1. The van der Waals surface area contributed by atoms with Crippen LogP contribution in [-0.2, 0) is 9.84 Å². The molecule has 0 saturated heterocycles. The zero-order valence-corrected chi connectivity index (χ0v) is 18.3. The Balaban J connectivity index is 2.26. The summed E-state index contributed by atoms with van der Waals surface area (Å²) in [7, 11) is -0.00296. The van der Waals surface area contributed by atoms with Crippen molar-refractivity contribution < 1.29 is 18.3 Å². The Kier molecular flexibility index (Phi) is 7.96. The van der Waals surface area contributed by atoms with Gasteiger partial charge in [0.05, 0.1) is 28.9 Å². The van der Waals surface area contributed by atoms with Crippen molar-refractivity contribution in [1.82, 2.24) is 9.80 Å². The Bertz CT molecular complexity index is 924. The largest absolute Gasteiger partial charge is 0.387 e. The van der Waals surface area contributed by atoms with E-state index in [0.717, 1.165) is 5.56 Å². The minimum Gasteiger partial charge on any atom is -0.387 e. The van der Waals surface area contributed by atoms with Gasteiger partial charge in [-0.2, -0.15) is 0 Å². The molecule has 29 heavy (non-hydrogen) atoms. The predicted octanol–water partition coefficient (Wildman–Crippen LogP) is 2.53. The normalized spacial score (nSPS) is 12.8. The molecule has 0 radical (unpaired) electrons. The van der Waals surface area contributed by atoms with Crippen molar-refractivity contribution in [2.75, 3.05) is 39.5 Å². The van der Waals surface area contributed by atoms with E-state index in [-0.39, 0.29) is 22.8 Å². The molecule has 2 rings (SSSR count). The number of hydrogen-bond donors (Lipinski definition) is 1. The third-order valence-electron chi connectivity index (χ3n) is 4.78. The van der Waals surface area contributed by atoms with Crippen molar-refractivity contribution in [3.63, 3.8) is 0 Å². The SMILES string of the molecule is CCN(CC(O)c1ccc(C)cc1)C(=O)c1ccccc1S(=O)(=O)CCN(C)C. The van der Waals surface area contributed by atoms with Crippen molar-refractivity contribution in [3.05, 3.63) is 65.2 Å². The van der Waals surface area contributed by atoms with Gasteiger partial charge in [-0.1, -0.05) is 42.0 Å². The number of aryl methyl sites for hydroxylation is 1. The van der Waals surface area contributed by atoms with Gasteiger partial charge in [-0.05, 0) is 45.6 Å². The Morgan fingerprint density at radius 1 is 1.07 bits per heavy atom. The molecule has 0 spiro atoms. The smallest absolute Gasteiger partial charge is 0.255 e. The molecule has 2 aromatic rings. The van der Waals surface area contributed by atoms with E-state index in [0.29, 0.717) is 18.7 Å². The molecule has 0 aliphatic rings. The molecule has 0 aromatic heterocycles. The third-order valence-corrected chi connectivity index (χ3v) is 6.53. The molecule has 0 aliphatic heterocycles. The van der Waals surface area contributed by atoms with E-state index in [2.05, 4.69) is 0 Å². The van der Waals surface area contributed by atoms with E-state index in [4.69, 9.17) is 0 Å². The molecule has 0 heterocycles. The number of likely N-dealkylation sites (N-methyl/N-ethyl adjacent to an activating group) is 1. The van der Waals surface area contributed by atoms with Gasteiger partial charge in [0.15, 0.2) is 9.84 Å². The van der Waals surface area contributed by atoms with E-state index < -0.39 is 21.8 Å². The van der Waals surface area contributed by atoms with Crippen molar-refractivity contribution in [2.24, 2.45) is 0 Å². The number of sulfone groups is 1. The number of benzene rings is 2. The number of aliphatic hydroxyl groups is 1. The summed E-state index contributed by atoms with van der Waals surface area (Å²) in [5, 5.41) is 10.6. The molecule has 0 bridgehead atoms. The Morgan fingerprint density at radius 3 is 2.28 bits per heavy atom. The molecule has 1 N–H and O–H groups in total. The second-order valence-electron chi connectivity index (χ2n) is 7.39. The van der Waals surface area contributed by atoms with Crippen molar-refractivity contribution in [1.29, 1.82) is 0 Å². The first-order valence-electron chi connectivity index (χ1n) is 9.66. The lowest BCUT2D eigenvalue weighted by Crippen LogP contribution is -2.35. The van der Waals surface area contributed by atoms with E-state index in [9.17, 15) is 18.3 Å². The quantitative estimate of drug-likeness (QED) is 0.677. The van der Waals surface area contributed by atoms with Crippen LogP contribution in [0, 0.1) is 6.92 Å². The van der Waals surface area contributed by atoms with Crippen LogP contribution in [0.3, 0.4) is 0 Å². The summed E-state index contributed by atoms with van der Waals surface area (Å²) in [5.41, 5.74) is 1.94. The Morgan fingerprint density at radius 2 is 1.69 bits per heavy atom. The van der Waals surface area contributed by atoms with Gasteiger partial charge >= 0.3 is 0 Å². The van der Waals surface area contributed by atoms with Crippen LogP contribution in [0.5, 0.6) is 0 Å². The second kappa shape index (κ2) is 10.0. The van der Waals surface area contributed by atoms with Crippen LogP contribution in [0.4, 0.5) is 0 Å². The standard InChI is InChI=1S/C22H30N2O4S/c1-5-24(16-20(25)18-12-10-17(2)11-13-18)22(26)19-8-6-7-9-21(19)29(27,28)15-14-23(3)4/h6-13,20,25H,5,14-16H2,1-4H3. The highest BCUT2D eigenvalue weighted by Crippen LogP contribution is 2.21. The van der Waals surface area contributed by atoms with Gasteiger partial charge in [0.1, 0.15) is 0 Å². The van der Waals surface area contributed by atoms with Gasteiger partial charge in [0.2, 0.25) is 0 Å². The Labute approximate surface area is 173 Å². The lowest BCUT2D eigenvalue weighted by Gasteiger charge is -2.25. The lowest BCUT2D eigenvalue weighted by molar-refractivity contribution is 0.0631. The minimum absolute atomic E-state index is 0.0372. The summed E-state index contributed by atoms with van der Waals surface area (Å²) >= 11 is 0. The maximum Gasteiger partial charge on any atom is 0.255 e. The maximum absolute atomic E-state index is 13.1. The summed E-state index contributed by atoms with van der Waals surface area (Å²) < 4.78 is 25.6. The fraction of sp³-hybridized carbons (Fsp3) is 0.409. The zero-order valence-electron chi connectivity index (χ0n) is 17.5. The number of aliphatic hydroxyl groups excluding tert-OH is 1. The lowest BCUT2D eigenvalue weighted by atomic mass is 10.1. The molecule has 1 atom stereocenters. The van der Waals surface area contributed by atoms with Gasteiger partial charge in [0.25, 0.3) is 5.91 Å². The predicted molar refractivity (Wildman–Crippen MR) is 115 cm³/mol. The van der Waals surface area contributed by atoms with Crippen LogP contribution in [0.25, 0.3) is 0 Å². The number of nitrogens with zero attached hydrogens (tertiary/aromatic N) is 2. The van der Waals surface area contributed by atoms with Gasteiger partial charge in [-0.3, -0.25) is 4.79 Å². The van der Waals surface area contributed by atoms with Crippen molar-refractivity contribution >= 4 is 15.7 Å². The van der Waals surface area contributed by atoms with Gasteiger partial charge in [-0.15, -0.1) is 0 Å². The zero-order chi connectivity index (χ0) is 21.6. The second-order valence-corrected chi connectivity index (χ2v) is 9.47. The summed E-state index contributed by atoms with van der Waals surface area (Å²) in [6.45, 7) is 4.58. The van der Waals surface area contributed by atoms with E-state index >= 15 is 0 Å². The monoisotopic (exact) mass is 418 g/mol. The molecule has 0 saturated carbocycles. The number of carbonyl (C=O) groups excluding carboxylic acids is 1. The summed E-state index contributed by atoms with van der Waals surface area (Å²) in [6.07, 6.45) is -0.850. The molecule has 2 aromatic carbocycles. The third kappa shape index (κ3) is 6.13. The molecule has 1 unspecified atom stereocenters. The molecule has 6 nitrogen and oxygen atoms in total. The van der Waals surface area contributed by atoms with Gasteiger partial charge in [0, 0.05) is 13.1 Å². The van der Waals surface area contributed by atoms with Crippen molar-refractivity contribution in [3.8, 4) is 0 Å². The van der Waals surface area contributed by atoms with Crippen LogP contribution in [0.2, 0.25) is 0 Å². The number of amides is 1. The average molecular weight is 419 g/mol. The number of rotatable bonds is 9. The van der Waals surface area contributed by atoms with Gasteiger partial charge in [-0.25, -0.2) is 8.42 Å². The molecule has 0 fully saturated rings. The topological polar surface area (TPSA) is 77.9 Å². The highest BCUT2D eigenvalue weighted by atomic mass is 32.2. The molecule has 158 valence electrons. The van der Waals surface area contributed by atoms with Crippen LogP contribution in [0.15, 0.2) is 53.4 Å². The number of hydrogen-bond acceptors (Lipinski definition) is 5. The fourth-order valence-electron chi connectivity index (χ4n) is 2.96. The minimum atomic E-state index is -3.61. The van der Waals surface area contributed by atoms with Gasteiger partial charge < -0.3 is 14.9 Å². The Hall–Kier alpha value is -2.22. The van der Waals surface area contributed by atoms with E-state index in [1.165, 1.54) is 17.0 Å². The van der Waals surface area contributed by atoms with Crippen LogP contribution in [-0.4, -0.2) is 68.7 Å². The van der Waals surface area contributed by atoms with Crippen LogP contribution >= 0.6 is 0 Å². The fourth-order valence-corrected chi connectivity index (χ4v) is 4.56. The molecular formula is C22H30N2O4S. The highest BCUT2D eigenvalue weighted by Gasteiger charge is 2.26. The molecule has 0 aliphatic carbocycles. The first-order chi connectivity index (χ1) is 13.7. The first-order valence-corrected chi connectivity index (χ1v) is 11.3.